The molecule has 1 rings (SSSR count). The number of ketones is 1. The van der Waals surface area contributed by atoms with E-state index in [1.54, 1.807) is 11.1 Å². The maximum absolute atomic E-state index is 13.6. The fourth-order valence-corrected chi connectivity index (χ4v) is 9.83. The van der Waals surface area contributed by atoms with Gasteiger partial charge >= 0.3 is 0 Å². The number of Topliss-reactive ketones (excluding diaryl/α,β-unsaturated/α-hetero) is 1. The average Bonchev–Trinajstić information content (AvgIpc) is 2.80. The molecular formula is C23H46OSi2. The summed E-state index contributed by atoms with van der Waals surface area (Å²) < 4.78 is 0. The van der Waals surface area contributed by atoms with Crippen LogP contribution >= 0.6 is 0 Å². The van der Waals surface area contributed by atoms with Crippen LogP contribution in [0.4, 0.5) is 0 Å². The molecule has 0 spiro atoms. The van der Waals surface area contributed by atoms with Gasteiger partial charge in [-0.1, -0.05) is 103 Å². The Balaban J connectivity index is 3.17. The molecule has 1 aliphatic carbocycles. The van der Waals surface area contributed by atoms with E-state index in [9.17, 15) is 4.79 Å². The second-order valence-electron chi connectivity index (χ2n) is 10.7. The third-order valence-electron chi connectivity index (χ3n) is 6.01. The van der Waals surface area contributed by atoms with Crippen LogP contribution in [-0.2, 0) is 4.79 Å². The van der Waals surface area contributed by atoms with E-state index in [0.29, 0.717) is 16.9 Å². The minimum atomic E-state index is -1.52. The van der Waals surface area contributed by atoms with Crippen LogP contribution in [0.15, 0.2) is 11.1 Å². The molecule has 26 heavy (non-hydrogen) atoms. The zero-order valence-corrected chi connectivity index (χ0v) is 21.1. The molecule has 1 nitrogen and oxygen atoms in total. The third kappa shape index (κ3) is 6.47. The SMILES string of the molecule is CCCCCCC1=C(CCCCCC)C([Si](C)(C)C)C(=O)C1[Si](C)(C)C. The van der Waals surface area contributed by atoms with E-state index in [4.69, 9.17) is 0 Å². The lowest BCUT2D eigenvalue weighted by Gasteiger charge is -2.30. The predicted molar refractivity (Wildman–Crippen MR) is 124 cm³/mol. The summed E-state index contributed by atoms with van der Waals surface area (Å²) in [4.78, 5) is 13.6. The Morgan fingerprint density at radius 1 is 0.615 bits per heavy atom. The van der Waals surface area contributed by atoms with Gasteiger partial charge in [0.1, 0.15) is 5.78 Å². The van der Waals surface area contributed by atoms with Crippen molar-refractivity contribution < 1.29 is 4.79 Å². The molecule has 0 fully saturated rings. The summed E-state index contributed by atoms with van der Waals surface area (Å²) >= 11 is 0. The Kier molecular flexibility index (Phi) is 9.56. The standard InChI is InChI=1S/C23H46OSi2/c1-9-11-13-15-17-19-20(18-16-14-12-10-2)23(26(6,7)8)21(24)22(19)25(3,4)5/h22-23H,9-18H2,1-8H3. The van der Waals surface area contributed by atoms with Crippen molar-refractivity contribution in [3.8, 4) is 0 Å². The molecule has 0 aromatic heterocycles. The molecule has 152 valence electrons. The quantitative estimate of drug-likeness (QED) is 0.185. The highest BCUT2D eigenvalue weighted by Gasteiger charge is 2.50. The summed E-state index contributed by atoms with van der Waals surface area (Å²) in [5.41, 5.74) is 3.88. The Hall–Kier alpha value is -0.156. The zero-order valence-electron chi connectivity index (χ0n) is 19.1. The van der Waals surface area contributed by atoms with E-state index in [0.717, 1.165) is 0 Å². The van der Waals surface area contributed by atoms with Crippen LogP contribution in [-0.4, -0.2) is 21.9 Å². The molecular weight excluding hydrogens is 348 g/mol. The molecule has 0 saturated heterocycles. The van der Waals surface area contributed by atoms with Crippen molar-refractivity contribution in [2.75, 3.05) is 0 Å². The van der Waals surface area contributed by atoms with Gasteiger partial charge in [0.15, 0.2) is 0 Å². The number of carbonyl (C=O) groups excluding carboxylic acids is 1. The number of unbranched alkanes of at least 4 members (excludes halogenated alkanes) is 6. The minimum Gasteiger partial charge on any atom is -0.299 e. The van der Waals surface area contributed by atoms with Gasteiger partial charge in [-0.3, -0.25) is 4.79 Å². The fourth-order valence-electron chi connectivity index (χ4n) is 4.87. The number of allylic oxidation sites excluding steroid dienone is 2. The highest BCUT2D eigenvalue weighted by atomic mass is 28.3. The molecule has 1 aliphatic rings. The predicted octanol–water partition coefficient (Wildman–Crippen LogP) is 8.22. The number of carbonyl (C=O) groups is 1. The lowest BCUT2D eigenvalue weighted by molar-refractivity contribution is -0.117. The molecule has 0 aromatic rings. The van der Waals surface area contributed by atoms with Gasteiger partial charge in [0.25, 0.3) is 0 Å². The molecule has 2 atom stereocenters. The summed E-state index contributed by atoms with van der Waals surface area (Å²) in [6.45, 7) is 19.1. The molecule has 0 radical (unpaired) electrons. The first kappa shape index (κ1) is 23.9. The van der Waals surface area contributed by atoms with Gasteiger partial charge in [-0.2, -0.15) is 0 Å². The highest BCUT2D eigenvalue weighted by Crippen LogP contribution is 2.53. The molecule has 2 unspecified atom stereocenters. The van der Waals surface area contributed by atoms with Crippen molar-refractivity contribution >= 4 is 21.9 Å². The average molecular weight is 395 g/mol. The Morgan fingerprint density at radius 3 is 1.23 bits per heavy atom. The maximum atomic E-state index is 13.6. The summed E-state index contributed by atoms with van der Waals surface area (Å²) in [5, 5.41) is 0. The summed E-state index contributed by atoms with van der Waals surface area (Å²) in [5.74, 6) is 0.638. The molecule has 0 heterocycles. The van der Waals surface area contributed by atoms with Gasteiger partial charge in [0.2, 0.25) is 0 Å². The molecule has 0 amide bonds. The number of rotatable bonds is 12. The van der Waals surface area contributed by atoms with Gasteiger partial charge in [-0.25, -0.2) is 0 Å². The minimum absolute atomic E-state index is 0.307. The van der Waals surface area contributed by atoms with Crippen LogP contribution < -0.4 is 0 Å². The lowest BCUT2D eigenvalue weighted by Crippen LogP contribution is -2.38. The van der Waals surface area contributed by atoms with E-state index in [-0.39, 0.29) is 0 Å². The van der Waals surface area contributed by atoms with Crippen molar-refractivity contribution in [3.05, 3.63) is 11.1 Å². The summed E-state index contributed by atoms with van der Waals surface area (Å²) in [6, 6.07) is 0. The van der Waals surface area contributed by atoms with Gasteiger partial charge in [0, 0.05) is 11.1 Å². The van der Waals surface area contributed by atoms with Crippen molar-refractivity contribution in [1.29, 1.82) is 0 Å². The third-order valence-corrected chi connectivity index (χ3v) is 10.7. The Morgan fingerprint density at radius 2 is 0.962 bits per heavy atom. The van der Waals surface area contributed by atoms with Crippen LogP contribution in [0, 0.1) is 0 Å². The topological polar surface area (TPSA) is 17.1 Å². The van der Waals surface area contributed by atoms with Crippen LogP contribution in [0.2, 0.25) is 50.4 Å². The normalized spacial score (nSPS) is 21.8. The van der Waals surface area contributed by atoms with Gasteiger partial charge in [0.05, 0.1) is 16.1 Å². The largest absolute Gasteiger partial charge is 0.299 e. The smallest absolute Gasteiger partial charge is 0.141 e. The first-order valence-corrected chi connectivity index (χ1v) is 18.5. The Labute approximate surface area is 166 Å². The second-order valence-corrected chi connectivity index (χ2v) is 21.3. The summed E-state index contributed by atoms with van der Waals surface area (Å²) in [7, 11) is -3.04. The molecule has 3 heteroatoms. The van der Waals surface area contributed by atoms with Crippen LogP contribution in [0.25, 0.3) is 0 Å². The van der Waals surface area contributed by atoms with Crippen LogP contribution in [0.3, 0.4) is 0 Å². The van der Waals surface area contributed by atoms with Crippen molar-refractivity contribution in [2.45, 2.75) is 128 Å². The molecule has 0 saturated carbocycles. The van der Waals surface area contributed by atoms with Crippen LogP contribution in [0.5, 0.6) is 0 Å². The van der Waals surface area contributed by atoms with Crippen LogP contribution in [0.1, 0.15) is 78.1 Å². The van der Waals surface area contributed by atoms with E-state index in [1.807, 2.05) is 0 Å². The van der Waals surface area contributed by atoms with E-state index in [1.165, 1.54) is 64.2 Å². The van der Waals surface area contributed by atoms with Crippen molar-refractivity contribution in [1.82, 2.24) is 0 Å². The summed E-state index contributed by atoms with van der Waals surface area (Å²) in [6.07, 6.45) is 12.9. The number of hydrogen-bond donors (Lipinski definition) is 0. The molecule has 0 aromatic carbocycles. The monoisotopic (exact) mass is 394 g/mol. The van der Waals surface area contributed by atoms with E-state index >= 15 is 0 Å². The first-order chi connectivity index (χ1) is 12.1. The van der Waals surface area contributed by atoms with Gasteiger partial charge in [-0.15, -0.1) is 0 Å². The van der Waals surface area contributed by atoms with Crippen molar-refractivity contribution in [3.63, 3.8) is 0 Å². The highest BCUT2D eigenvalue weighted by molar-refractivity contribution is 6.86. The Bertz CT molecular complexity index is 437. The molecule has 0 bridgehead atoms. The molecule has 0 N–H and O–H groups in total. The van der Waals surface area contributed by atoms with E-state index < -0.39 is 16.1 Å². The van der Waals surface area contributed by atoms with Gasteiger partial charge in [-0.05, 0) is 25.7 Å². The van der Waals surface area contributed by atoms with E-state index in [2.05, 4.69) is 53.1 Å². The lowest BCUT2D eigenvalue weighted by atomic mass is 9.99. The number of hydrogen-bond acceptors (Lipinski definition) is 1. The maximum Gasteiger partial charge on any atom is 0.141 e. The zero-order chi connectivity index (χ0) is 20.0. The fraction of sp³-hybridized carbons (Fsp3) is 0.870. The molecule has 0 aliphatic heterocycles. The second kappa shape index (κ2) is 10.4. The van der Waals surface area contributed by atoms with Crippen molar-refractivity contribution in [2.24, 2.45) is 0 Å². The first-order valence-electron chi connectivity index (χ1n) is 11.3. The van der Waals surface area contributed by atoms with Gasteiger partial charge < -0.3 is 0 Å².